The Kier molecular flexibility index (Phi) is 5.79. The molecule has 176 valence electrons. The summed E-state index contributed by atoms with van der Waals surface area (Å²) in [6.07, 6.45) is 0.416. The predicted molar refractivity (Wildman–Crippen MR) is 126 cm³/mol. The summed E-state index contributed by atoms with van der Waals surface area (Å²) in [5.41, 5.74) is 3.39. The number of quaternary nitrogens is 2. The fourth-order valence-electron chi connectivity index (χ4n) is 5.42. The molecule has 0 bridgehead atoms. The van der Waals surface area contributed by atoms with Crippen LogP contribution in [-0.4, -0.2) is 61.9 Å². The molecule has 0 unspecified atom stereocenters. The minimum absolute atomic E-state index is 0.148. The fourth-order valence-corrected chi connectivity index (χ4v) is 5.42. The number of amides is 4. The highest BCUT2D eigenvalue weighted by Gasteiger charge is 2.50. The minimum Gasteiger partial charge on any atom is -0.315 e. The lowest BCUT2D eigenvalue weighted by molar-refractivity contribution is -1.02. The second kappa shape index (κ2) is 8.77. The Bertz CT molecular complexity index is 1040. The number of hydrogen-bond donors (Lipinski definition) is 2. The van der Waals surface area contributed by atoms with Gasteiger partial charge in [0.2, 0.25) is 11.8 Å². The second-order valence-corrected chi connectivity index (χ2v) is 9.64. The number of anilines is 2. The van der Waals surface area contributed by atoms with E-state index in [1.165, 1.54) is 9.80 Å². The maximum absolute atomic E-state index is 13.1. The Morgan fingerprint density at radius 2 is 0.912 bits per heavy atom. The van der Waals surface area contributed by atoms with Crippen molar-refractivity contribution in [1.29, 1.82) is 0 Å². The number of aryl methyl sites for hydroxylation is 2. The van der Waals surface area contributed by atoms with Crippen LogP contribution in [0.15, 0.2) is 48.5 Å². The van der Waals surface area contributed by atoms with Crippen molar-refractivity contribution in [1.82, 2.24) is 0 Å². The zero-order chi connectivity index (χ0) is 24.0. The van der Waals surface area contributed by atoms with Gasteiger partial charge in [-0.05, 0) is 38.1 Å². The maximum Gasteiger partial charge on any atom is 0.292 e. The normalized spacial score (nSPS) is 27.7. The molecule has 2 N–H and O–H groups in total. The standard InChI is InChI=1S/C26H28N4O4/c1-17-3-7-19(8-4-17)29-23(31)15-21(25(29)33)27-11-13-28(14-12-27)22-16-24(32)30(26(22)34)20-9-5-18(2)6-10-20/h3-10,21-22H,11-16H2,1-2H3/p+2/t21-,22-/m0/s1. The van der Waals surface area contributed by atoms with Crippen LogP contribution in [0.3, 0.4) is 0 Å². The van der Waals surface area contributed by atoms with E-state index in [9.17, 15) is 19.2 Å². The Hall–Kier alpha value is -3.36. The summed E-state index contributed by atoms with van der Waals surface area (Å²) in [5.74, 6) is -0.618. The van der Waals surface area contributed by atoms with E-state index in [0.717, 1.165) is 20.9 Å². The van der Waals surface area contributed by atoms with Crippen LogP contribution in [0.5, 0.6) is 0 Å². The lowest BCUT2D eigenvalue weighted by Gasteiger charge is -2.34. The number of rotatable bonds is 4. The molecule has 2 aromatic carbocycles. The van der Waals surface area contributed by atoms with Crippen LogP contribution in [0.25, 0.3) is 0 Å². The van der Waals surface area contributed by atoms with E-state index < -0.39 is 0 Å². The molecule has 0 radical (unpaired) electrons. The zero-order valence-corrected chi connectivity index (χ0v) is 19.5. The molecule has 8 heteroatoms. The molecule has 0 saturated carbocycles. The Morgan fingerprint density at radius 3 is 1.24 bits per heavy atom. The summed E-state index contributed by atoms with van der Waals surface area (Å²) in [5, 5.41) is 0. The van der Waals surface area contributed by atoms with Gasteiger partial charge in [-0.25, -0.2) is 9.80 Å². The molecule has 8 nitrogen and oxygen atoms in total. The van der Waals surface area contributed by atoms with Gasteiger partial charge in [-0.2, -0.15) is 0 Å². The third kappa shape index (κ3) is 3.93. The highest BCUT2D eigenvalue weighted by atomic mass is 16.2. The van der Waals surface area contributed by atoms with Gasteiger partial charge in [-0.1, -0.05) is 35.4 Å². The van der Waals surface area contributed by atoms with E-state index in [1.807, 2.05) is 62.4 Å². The minimum atomic E-state index is -0.389. The van der Waals surface area contributed by atoms with E-state index in [-0.39, 0.29) is 48.6 Å². The molecular weight excluding hydrogens is 432 g/mol. The number of hydrogen-bond acceptors (Lipinski definition) is 4. The molecule has 0 aromatic heterocycles. The molecule has 5 rings (SSSR count). The Balaban J connectivity index is 1.23. The van der Waals surface area contributed by atoms with Crippen LogP contribution in [0.2, 0.25) is 0 Å². The van der Waals surface area contributed by atoms with Crippen molar-refractivity contribution in [2.45, 2.75) is 38.8 Å². The van der Waals surface area contributed by atoms with Crippen LogP contribution in [0.4, 0.5) is 11.4 Å². The van der Waals surface area contributed by atoms with Gasteiger partial charge in [0.05, 0.1) is 24.2 Å². The molecule has 3 aliphatic heterocycles. The number of carbonyl (C=O) groups is 4. The van der Waals surface area contributed by atoms with E-state index >= 15 is 0 Å². The molecule has 3 aliphatic rings. The van der Waals surface area contributed by atoms with Gasteiger partial charge in [0.25, 0.3) is 11.8 Å². The average molecular weight is 463 g/mol. The van der Waals surface area contributed by atoms with Crippen LogP contribution < -0.4 is 19.6 Å². The molecule has 3 fully saturated rings. The van der Waals surface area contributed by atoms with Gasteiger partial charge in [-0.3, -0.25) is 19.2 Å². The van der Waals surface area contributed by atoms with Crippen molar-refractivity contribution < 1.29 is 29.0 Å². The van der Waals surface area contributed by atoms with Crippen molar-refractivity contribution in [3.63, 3.8) is 0 Å². The lowest BCUT2D eigenvalue weighted by Crippen LogP contribution is -3.31. The summed E-state index contributed by atoms with van der Waals surface area (Å²) in [4.78, 5) is 56.4. The van der Waals surface area contributed by atoms with Crippen LogP contribution in [-0.2, 0) is 19.2 Å². The first kappa shape index (κ1) is 22.4. The van der Waals surface area contributed by atoms with Crippen molar-refractivity contribution in [3.05, 3.63) is 59.7 Å². The third-order valence-electron chi connectivity index (χ3n) is 7.40. The molecule has 3 heterocycles. The second-order valence-electron chi connectivity index (χ2n) is 9.64. The summed E-state index contributed by atoms with van der Waals surface area (Å²) < 4.78 is 0. The maximum atomic E-state index is 13.1. The summed E-state index contributed by atoms with van der Waals surface area (Å²) in [6, 6.07) is 14.1. The predicted octanol–water partition coefficient (Wildman–Crippen LogP) is -0.949. The molecule has 2 atom stereocenters. The number of carbonyl (C=O) groups excluding carboxylic acids is 4. The fraction of sp³-hybridized carbons (Fsp3) is 0.385. The molecule has 0 aliphatic carbocycles. The molecule has 34 heavy (non-hydrogen) atoms. The largest absolute Gasteiger partial charge is 0.315 e. The molecule has 2 aromatic rings. The van der Waals surface area contributed by atoms with E-state index in [4.69, 9.17) is 0 Å². The van der Waals surface area contributed by atoms with E-state index in [2.05, 4.69) is 0 Å². The van der Waals surface area contributed by atoms with Gasteiger partial charge < -0.3 is 9.80 Å². The number of nitrogens with zero attached hydrogens (tertiary/aromatic N) is 2. The van der Waals surface area contributed by atoms with Gasteiger partial charge in [0, 0.05) is 0 Å². The van der Waals surface area contributed by atoms with Gasteiger partial charge in [-0.15, -0.1) is 0 Å². The first-order valence-electron chi connectivity index (χ1n) is 11.9. The SMILES string of the molecule is Cc1ccc(N2C(=O)C[C@H]([NH+]3CC[NH+]([C@H]4CC(=O)N(c5ccc(C)cc5)C4=O)CC3)C2=O)cc1. The summed E-state index contributed by atoms with van der Waals surface area (Å²) in [7, 11) is 0. The number of piperazine rings is 1. The number of benzene rings is 2. The Labute approximate surface area is 198 Å². The van der Waals surface area contributed by atoms with Gasteiger partial charge >= 0.3 is 0 Å². The van der Waals surface area contributed by atoms with E-state index in [0.29, 0.717) is 37.6 Å². The van der Waals surface area contributed by atoms with Crippen LogP contribution >= 0.6 is 0 Å². The van der Waals surface area contributed by atoms with Gasteiger partial charge in [0.1, 0.15) is 26.2 Å². The topological polar surface area (TPSA) is 83.6 Å². The Morgan fingerprint density at radius 1 is 0.588 bits per heavy atom. The molecule has 3 saturated heterocycles. The first-order chi connectivity index (χ1) is 16.3. The van der Waals surface area contributed by atoms with Crippen LogP contribution in [0, 0.1) is 13.8 Å². The number of nitrogens with one attached hydrogen (secondary N) is 2. The summed E-state index contributed by atoms with van der Waals surface area (Å²) >= 11 is 0. The highest BCUT2D eigenvalue weighted by molar-refractivity contribution is 6.22. The number of imide groups is 2. The van der Waals surface area contributed by atoms with Crippen molar-refractivity contribution in [2.75, 3.05) is 36.0 Å². The monoisotopic (exact) mass is 462 g/mol. The van der Waals surface area contributed by atoms with Crippen molar-refractivity contribution in [2.24, 2.45) is 0 Å². The lowest BCUT2D eigenvalue weighted by atomic mass is 10.1. The molecular formula is C26H30N4O4+2. The first-order valence-corrected chi connectivity index (χ1v) is 11.9. The smallest absolute Gasteiger partial charge is 0.292 e. The quantitative estimate of drug-likeness (QED) is 0.574. The molecule has 0 spiro atoms. The highest BCUT2D eigenvalue weighted by Crippen LogP contribution is 2.23. The van der Waals surface area contributed by atoms with E-state index in [1.54, 1.807) is 0 Å². The molecule has 4 amide bonds. The van der Waals surface area contributed by atoms with Crippen molar-refractivity contribution in [3.8, 4) is 0 Å². The average Bonchev–Trinajstić information content (AvgIpc) is 3.29. The van der Waals surface area contributed by atoms with Gasteiger partial charge in [0.15, 0.2) is 12.1 Å². The van der Waals surface area contributed by atoms with Crippen LogP contribution in [0.1, 0.15) is 24.0 Å². The van der Waals surface area contributed by atoms with Crippen molar-refractivity contribution >= 4 is 35.0 Å². The zero-order valence-electron chi connectivity index (χ0n) is 19.5. The third-order valence-corrected chi connectivity index (χ3v) is 7.40. The summed E-state index contributed by atoms with van der Waals surface area (Å²) in [6.45, 7) is 6.67.